The average Bonchev–Trinajstić information content (AvgIpc) is 2.96. The molecular weight excluding hydrogens is 298 g/mol. The second-order valence-corrected chi connectivity index (χ2v) is 5.60. The highest BCUT2D eigenvalue weighted by molar-refractivity contribution is 5.96. The summed E-state index contributed by atoms with van der Waals surface area (Å²) in [6, 6.07) is 0.164. The van der Waals surface area contributed by atoms with Crippen molar-refractivity contribution in [2.24, 2.45) is 10.2 Å². The number of H-pyrrole nitrogens is 1. The molecule has 8 heteroatoms. The van der Waals surface area contributed by atoms with Crippen molar-refractivity contribution in [3.63, 3.8) is 0 Å². The number of imidazole rings is 1. The quantitative estimate of drug-likeness (QED) is 0.439. The Hall–Kier alpha value is -2.51. The lowest BCUT2D eigenvalue weighted by atomic mass is 9.95. The van der Waals surface area contributed by atoms with E-state index in [2.05, 4.69) is 25.5 Å². The lowest BCUT2D eigenvalue weighted by Gasteiger charge is -2.22. The van der Waals surface area contributed by atoms with E-state index >= 15 is 0 Å². The molecule has 1 aromatic rings. The van der Waals surface area contributed by atoms with Crippen LogP contribution in [0.2, 0.25) is 0 Å². The summed E-state index contributed by atoms with van der Waals surface area (Å²) in [6.45, 7) is 2.62. The first-order chi connectivity index (χ1) is 11.0. The number of ketones is 1. The van der Waals surface area contributed by atoms with Gasteiger partial charge in [-0.3, -0.25) is 9.59 Å². The number of nitrogens with one attached hydrogen (secondary N) is 2. The summed E-state index contributed by atoms with van der Waals surface area (Å²) in [4.78, 5) is 30.3. The molecule has 3 N–H and O–H groups in total. The van der Waals surface area contributed by atoms with Gasteiger partial charge in [-0.1, -0.05) is 19.3 Å². The summed E-state index contributed by atoms with van der Waals surface area (Å²) < 4.78 is 0. The molecule has 0 saturated heterocycles. The van der Waals surface area contributed by atoms with Gasteiger partial charge in [0, 0.05) is 13.0 Å². The first-order valence-electron chi connectivity index (χ1n) is 7.65. The van der Waals surface area contributed by atoms with Crippen LogP contribution in [0.1, 0.15) is 56.4 Å². The van der Waals surface area contributed by atoms with E-state index in [0.717, 1.165) is 25.7 Å². The van der Waals surface area contributed by atoms with Crippen LogP contribution in [0.4, 0.5) is 5.82 Å². The van der Waals surface area contributed by atoms with Gasteiger partial charge in [0.05, 0.1) is 6.33 Å². The number of aliphatic hydroxyl groups is 1. The third-order valence-electron chi connectivity index (χ3n) is 3.71. The molecule has 1 aliphatic rings. The average molecular weight is 319 g/mol. The van der Waals surface area contributed by atoms with Crippen LogP contribution in [0.25, 0.3) is 0 Å². The highest BCUT2D eigenvalue weighted by Gasteiger charge is 2.20. The molecule has 0 aromatic carbocycles. The molecule has 2 rings (SSSR count). The van der Waals surface area contributed by atoms with E-state index in [-0.39, 0.29) is 34.9 Å². The summed E-state index contributed by atoms with van der Waals surface area (Å²) in [5.74, 6) is -0.863. The van der Waals surface area contributed by atoms with Crippen molar-refractivity contribution >= 4 is 17.5 Å². The van der Waals surface area contributed by atoms with Crippen LogP contribution in [-0.2, 0) is 4.79 Å². The highest BCUT2D eigenvalue weighted by atomic mass is 16.3. The predicted molar refractivity (Wildman–Crippen MR) is 83.5 cm³/mol. The first kappa shape index (κ1) is 16.9. The minimum atomic E-state index is -0.419. The van der Waals surface area contributed by atoms with Gasteiger partial charge in [0.15, 0.2) is 17.2 Å². The molecule has 0 atom stereocenters. The van der Waals surface area contributed by atoms with Crippen LogP contribution in [0.15, 0.2) is 28.0 Å². The van der Waals surface area contributed by atoms with Crippen LogP contribution in [0, 0.1) is 0 Å². The minimum Gasteiger partial charge on any atom is -0.510 e. The first-order valence-corrected chi connectivity index (χ1v) is 7.65. The van der Waals surface area contributed by atoms with Crippen LogP contribution < -0.4 is 5.32 Å². The summed E-state index contributed by atoms with van der Waals surface area (Å²) in [5, 5.41) is 19.9. The number of aromatic nitrogens is 2. The fourth-order valence-electron chi connectivity index (χ4n) is 2.53. The Balaban J connectivity index is 2.11. The molecule has 0 unspecified atom stereocenters. The fraction of sp³-hybridized carbons (Fsp3) is 0.533. The zero-order chi connectivity index (χ0) is 16.8. The van der Waals surface area contributed by atoms with E-state index in [1.54, 1.807) is 0 Å². The van der Waals surface area contributed by atoms with E-state index in [9.17, 15) is 14.7 Å². The van der Waals surface area contributed by atoms with E-state index in [1.165, 1.54) is 26.6 Å². The fourth-order valence-corrected chi connectivity index (χ4v) is 2.53. The molecule has 124 valence electrons. The molecule has 0 spiro atoms. The third-order valence-corrected chi connectivity index (χ3v) is 3.71. The predicted octanol–water partition coefficient (Wildman–Crippen LogP) is 2.93. The zero-order valence-corrected chi connectivity index (χ0v) is 13.3. The van der Waals surface area contributed by atoms with Gasteiger partial charge in [-0.15, -0.1) is 10.2 Å². The molecule has 0 radical (unpaired) electrons. The number of Topliss-reactive ketones (excluding diaryl/α,β-unsaturated/α-hetero) is 1. The Kier molecular flexibility index (Phi) is 5.61. The van der Waals surface area contributed by atoms with Gasteiger partial charge >= 0.3 is 0 Å². The molecule has 1 fully saturated rings. The van der Waals surface area contributed by atoms with Gasteiger partial charge < -0.3 is 15.4 Å². The number of rotatable bonds is 5. The second-order valence-electron chi connectivity index (χ2n) is 5.60. The van der Waals surface area contributed by atoms with Crippen molar-refractivity contribution < 1.29 is 14.7 Å². The van der Waals surface area contributed by atoms with Crippen molar-refractivity contribution in [1.29, 1.82) is 0 Å². The van der Waals surface area contributed by atoms with Crippen LogP contribution in [0.3, 0.4) is 0 Å². The van der Waals surface area contributed by atoms with E-state index in [4.69, 9.17) is 0 Å². The third kappa shape index (κ3) is 4.48. The molecule has 1 aliphatic carbocycles. The van der Waals surface area contributed by atoms with Crippen LogP contribution in [-0.4, -0.2) is 32.8 Å². The van der Waals surface area contributed by atoms with Gasteiger partial charge in [0.2, 0.25) is 5.82 Å². The normalized spacial score (nSPS) is 17.1. The number of hydrogen-bond acceptors (Lipinski definition) is 6. The van der Waals surface area contributed by atoms with E-state index < -0.39 is 5.78 Å². The number of nitrogens with zero attached hydrogens (tertiary/aromatic N) is 3. The molecular formula is C15H21N5O3. The number of carbonyl (C=O) groups is 2. The maximum Gasteiger partial charge on any atom is 0.271 e. The van der Waals surface area contributed by atoms with Crippen molar-refractivity contribution in [2.75, 3.05) is 0 Å². The lowest BCUT2D eigenvalue weighted by Crippen LogP contribution is -2.36. The van der Waals surface area contributed by atoms with Crippen LogP contribution >= 0.6 is 0 Å². The van der Waals surface area contributed by atoms with Crippen molar-refractivity contribution in [3.8, 4) is 0 Å². The maximum atomic E-state index is 12.3. The second kappa shape index (κ2) is 7.66. The van der Waals surface area contributed by atoms with Crippen molar-refractivity contribution in [1.82, 2.24) is 15.3 Å². The summed E-state index contributed by atoms with van der Waals surface area (Å²) >= 11 is 0. The molecule has 0 aliphatic heterocycles. The van der Waals surface area contributed by atoms with Gasteiger partial charge in [-0.05, 0) is 19.8 Å². The van der Waals surface area contributed by atoms with Crippen LogP contribution in [0.5, 0.6) is 0 Å². The molecule has 8 nitrogen and oxygen atoms in total. The Morgan fingerprint density at radius 3 is 2.61 bits per heavy atom. The van der Waals surface area contributed by atoms with Gasteiger partial charge in [-0.25, -0.2) is 4.98 Å². The minimum absolute atomic E-state index is 0.0818. The summed E-state index contributed by atoms with van der Waals surface area (Å²) in [6.07, 6.45) is 6.71. The van der Waals surface area contributed by atoms with E-state index in [0.29, 0.717) is 0 Å². The number of allylic oxidation sites excluding steroid dienone is 2. The lowest BCUT2D eigenvalue weighted by molar-refractivity contribution is -0.113. The number of aromatic amines is 1. The highest BCUT2D eigenvalue weighted by Crippen LogP contribution is 2.20. The molecule has 1 amide bonds. The standard InChI is InChI=1S/C15H21N5O3/c1-9(21)12(10(2)22)19-20-14-13(16-8-17-14)15(23)18-11-6-4-3-5-7-11/h8,11,21H,3-7H2,1-2H3,(H,16,17)(H,18,23)/b12-9-,20-19?. The summed E-state index contributed by atoms with van der Waals surface area (Å²) in [5.41, 5.74) is 0.0319. The van der Waals surface area contributed by atoms with Gasteiger partial charge in [0.25, 0.3) is 5.91 Å². The Morgan fingerprint density at radius 1 is 1.30 bits per heavy atom. The van der Waals surface area contributed by atoms with E-state index in [1.807, 2.05) is 0 Å². The number of azo groups is 1. The Labute approximate surface area is 134 Å². The van der Waals surface area contributed by atoms with Gasteiger partial charge in [0.1, 0.15) is 5.76 Å². The SMILES string of the molecule is CC(=O)/C(N=Nc1nc[nH]c1C(=O)NC1CCCCC1)=C(\C)O. The molecule has 1 heterocycles. The van der Waals surface area contributed by atoms with Crippen molar-refractivity contribution in [3.05, 3.63) is 23.5 Å². The number of amides is 1. The number of aliphatic hydroxyl groups excluding tert-OH is 1. The monoisotopic (exact) mass is 319 g/mol. The maximum absolute atomic E-state index is 12.3. The Morgan fingerprint density at radius 2 is 2.00 bits per heavy atom. The summed E-state index contributed by atoms with van der Waals surface area (Å²) in [7, 11) is 0. The smallest absolute Gasteiger partial charge is 0.271 e. The largest absolute Gasteiger partial charge is 0.510 e. The molecule has 1 saturated carbocycles. The number of hydrogen-bond donors (Lipinski definition) is 3. The molecule has 0 bridgehead atoms. The zero-order valence-electron chi connectivity index (χ0n) is 13.3. The van der Waals surface area contributed by atoms with Gasteiger partial charge in [-0.2, -0.15) is 0 Å². The number of carbonyl (C=O) groups excluding carboxylic acids is 2. The van der Waals surface area contributed by atoms with Crippen molar-refractivity contribution in [2.45, 2.75) is 52.0 Å². The molecule has 1 aromatic heterocycles. The molecule has 23 heavy (non-hydrogen) atoms. The Bertz CT molecular complexity index is 637. The topological polar surface area (TPSA) is 120 Å².